The minimum atomic E-state index is -0.397. The van der Waals surface area contributed by atoms with Crippen LogP contribution in [0.15, 0.2) is 24.4 Å². The van der Waals surface area contributed by atoms with E-state index < -0.39 is 6.04 Å². The smallest absolute Gasteiger partial charge is 0.328 e. The highest BCUT2D eigenvalue weighted by Gasteiger charge is 2.19. The van der Waals surface area contributed by atoms with Gasteiger partial charge in [0.05, 0.1) is 26.3 Å². The zero-order valence-corrected chi connectivity index (χ0v) is 13.6. The molecular formula is C17H23NO4. The molecule has 2 rings (SSSR count). The average Bonchev–Trinajstić information content (AvgIpc) is 2.96. The van der Waals surface area contributed by atoms with E-state index >= 15 is 0 Å². The lowest BCUT2D eigenvalue weighted by atomic mass is 10.2. The van der Waals surface area contributed by atoms with Crippen molar-refractivity contribution in [3.63, 3.8) is 0 Å². The number of rotatable bonds is 7. The number of ether oxygens (including phenoxy) is 3. The monoisotopic (exact) mass is 305 g/mol. The molecule has 2 aromatic rings. The summed E-state index contributed by atoms with van der Waals surface area (Å²) in [5, 5.41) is 0.941. The van der Waals surface area contributed by atoms with E-state index in [9.17, 15) is 4.79 Å². The molecule has 1 atom stereocenters. The molecule has 1 aromatic carbocycles. The van der Waals surface area contributed by atoms with Crippen LogP contribution in [0.1, 0.15) is 32.7 Å². The number of hydrogen-bond donors (Lipinski definition) is 0. The standard InChI is InChI=1S/C17H23NO4/c1-5-6-9-22-17(19)12(2)18-8-7-14-15(18)10-13(20-3)11-16(14)21-4/h7-8,10-12H,5-6,9H2,1-4H3. The number of aromatic nitrogens is 1. The Hall–Kier alpha value is -2.17. The fourth-order valence-corrected chi connectivity index (χ4v) is 2.38. The van der Waals surface area contributed by atoms with Crippen LogP contribution >= 0.6 is 0 Å². The van der Waals surface area contributed by atoms with Crippen LogP contribution in [0.2, 0.25) is 0 Å². The zero-order chi connectivity index (χ0) is 16.1. The zero-order valence-electron chi connectivity index (χ0n) is 13.6. The van der Waals surface area contributed by atoms with E-state index in [1.807, 2.05) is 35.9 Å². The van der Waals surface area contributed by atoms with Crippen LogP contribution in [-0.2, 0) is 9.53 Å². The first-order chi connectivity index (χ1) is 10.6. The van der Waals surface area contributed by atoms with Gasteiger partial charge >= 0.3 is 5.97 Å². The predicted octanol–water partition coefficient (Wildman–Crippen LogP) is 3.56. The van der Waals surface area contributed by atoms with Crippen LogP contribution in [0, 0.1) is 0 Å². The number of benzene rings is 1. The van der Waals surface area contributed by atoms with Gasteiger partial charge in [0, 0.05) is 23.7 Å². The van der Waals surface area contributed by atoms with Crippen molar-refractivity contribution >= 4 is 16.9 Å². The molecular weight excluding hydrogens is 282 g/mol. The van der Waals surface area contributed by atoms with Crippen LogP contribution in [0.4, 0.5) is 0 Å². The summed E-state index contributed by atoms with van der Waals surface area (Å²) in [6.45, 7) is 4.36. The first-order valence-corrected chi connectivity index (χ1v) is 7.51. The fraction of sp³-hybridized carbons (Fsp3) is 0.471. The second-order valence-corrected chi connectivity index (χ2v) is 5.18. The summed E-state index contributed by atoms with van der Waals surface area (Å²) in [4.78, 5) is 12.2. The van der Waals surface area contributed by atoms with Crippen LogP contribution in [0.3, 0.4) is 0 Å². The molecule has 0 saturated carbocycles. The molecule has 0 aliphatic carbocycles. The van der Waals surface area contributed by atoms with Crippen LogP contribution in [0.25, 0.3) is 10.9 Å². The van der Waals surface area contributed by atoms with E-state index in [-0.39, 0.29) is 5.97 Å². The molecule has 1 unspecified atom stereocenters. The highest BCUT2D eigenvalue weighted by molar-refractivity contribution is 5.89. The Balaban J connectivity index is 2.33. The average molecular weight is 305 g/mol. The minimum absolute atomic E-state index is 0.229. The summed E-state index contributed by atoms with van der Waals surface area (Å²) in [7, 11) is 3.23. The van der Waals surface area contributed by atoms with E-state index in [4.69, 9.17) is 14.2 Å². The van der Waals surface area contributed by atoms with Gasteiger partial charge < -0.3 is 18.8 Å². The highest BCUT2D eigenvalue weighted by Crippen LogP contribution is 2.33. The van der Waals surface area contributed by atoms with E-state index in [2.05, 4.69) is 6.92 Å². The molecule has 0 N–H and O–H groups in total. The molecule has 5 nitrogen and oxygen atoms in total. The molecule has 0 spiro atoms. The van der Waals surface area contributed by atoms with Crippen molar-refractivity contribution in [2.75, 3.05) is 20.8 Å². The summed E-state index contributed by atoms with van der Waals surface area (Å²) in [6.07, 6.45) is 3.76. The van der Waals surface area contributed by atoms with Crippen molar-refractivity contribution < 1.29 is 19.0 Å². The van der Waals surface area contributed by atoms with Crippen LogP contribution in [0.5, 0.6) is 11.5 Å². The fourth-order valence-electron chi connectivity index (χ4n) is 2.38. The molecule has 120 valence electrons. The van der Waals surface area contributed by atoms with Crippen molar-refractivity contribution in [1.29, 1.82) is 0 Å². The molecule has 0 aliphatic rings. The lowest BCUT2D eigenvalue weighted by Gasteiger charge is -2.15. The number of unbranched alkanes of at least 4 members (excludes halogenated alkanes) is 1. The number of fused-ring (bicyclic) bond motifs is 1. The molecule has 0 bridgehead atoms. The van der Waals surface area contributed by atoms with Gasteiger partial charge in [-0.25, -0.2) is 4.79 Å². The number of carbonyl (C=O) groups excluding carboxylic acids is 1. The summed E-state index contributed by atoms with van der Waals surface area (Å²) >= 11 is 0. The molecule has 0 fully saturated rings. The lowest BCUT2D eigenvalue weighted by molar-refractivity contribution is -0.147. The topological polar surface area (TPSA) is 49.7 Å². The third kappa shape index (κ3) is 3.18. The lowest BCUT2D eigenvalue weighted by Crippen LogP contribution is -2.19. The quantitative estimate of drug-likeness (QED) is 0.579. The molecule has 0 radical (unpaired) electrons. The number of carbonyl (C=O) groups is 1. The van der Waals surface area contributed by atoms with Crippen molar-refractivity contribution in [3.8, 4) is 11.5 Å². The maximum atomic E-state index is 12.2. The van der Waals surface area contributed by atoms with Gasteiger partial charge in [-0.1, -0.05) is 13.3 Å². The molecule has 1 aromatic heterocycles. The van der Waals surface area contributed by atoms with Crippen LogP contribution in [-0.4, -0.2) is 31.4 Å². The molecule has 0 amide bonds. The van der Waals surface area contributed by atoms with Crippen molar-refractivity contribution in [2.45, 2.75) is 32.7 Å². The number of nitrogens with zero attached hydrogens (tertiary/aromatic N) is 1. The summed E-state index contributed by atoms with van der Waals surface area (Å²) in [5.74, 6) is 1.18. The third-order valence-electron chi connectivity index (χ3n) is 3.73. The van der Waals surface area contributed by atoms with Gasteiger partial charge in [0.25, 0.3) is 0 Å². The normalized spacial score (nSPS) is 12.2. The molecule has 5 heteroatoms. The Bertz CT molecular complexity index is 647. The van der Waals surface area contributed by atoms with Crippen molar-refractivity contribution in [1.82, 2.24) is 4.57 Å². The maximum Gasteiger partial charge on any atom is 0.328 e. The molecule has 1 heterocycles. The Kier molecular flexibility index (Phi) is 5.31. The Morgan fingerprint density at radius 1 is 1.27 bits per heavy atom. The Morgan fingerprint density at radius 2 is 2.05 bits per heavy atom. The third-order valence-corrected chi connectivity index (χ3v) is 3.73. The molecule has 0 aliphatic heterocycles. The van der Waals surface area contributed by atoms with Gasteiger partial charge in [0.15, 0.2) is 0 Å². The van der Waals surface area contributed by atoms with Gasteiger partial charge in [-0.05, 0) is 19.4 Å². The number of esters is 1. The van der Waals surface area contributed by atoms with Gasteiger partial charge in [-0.2, -0.15) is 0 Å². The van der Waals surface area contributed by atoms with E-state index in [1.165, 1.54) is 0 Å². The van der Waals surface area contributed by atoms with E-state index in [0.29, 0.717) is 12.4 Å². The second-order valence-electron chi connectivity index (χ2n) is 5.18. The molecule has 22 heavy (non-hydrogen) atoms. The highest BCUT2D eigenvalue weighted by atomic mass is 16.5. The number of methoxy groups -OCH3 is 2. The first-order valence-electron chi connectivity index (χ1n) is 7.51. The largest absolute Gasteiger partial charge is 0.497 e. The number of hydrogen-bond acceptors (Lipinski definition) is 4. The molecule has 0 saturated heterocycles. The van der Waals surface area contributed by atoms with Crippen molar-refractivity contribution in [2.24, 2.45) is 0 Å². The summed E-state index contributed by atoms with van der Waals surface area (Å²) < 4.78 is 17.9. The van der Waals surface area contributed by atoms with Gasteiger partial charge in [-0.15, -0.1) is 0 Å². The first kappa shape index (κ1) is 16.2. The van der Waals surface area contributed by atoms with Crippen LogP contribution < -0.4 is 9.47 Å². The summed E-state index contributed by atoms with van der Waals surface area (Å²) in [5.41, 5.74) is 0.885. The SMILES string of the molecule is CCCCOC(=O)C(C)n1ccc2c(OC)cc(OC)cc21. The minimum Gasteiger partial charge on any atom is -0.497 e. The predicted molar refractivity (Wildman–Crippen MR) is 85.6 cm³/mol. The second kappa shape index (κ2) is 7.20. The van der Waals surface area contributed by atoms with Crippen molar-refractivity contribution in [3.05, 3.63) is 24.4 Å². The Labute approximate surface area is 130 Å². The van der Waals surface area contributed by atoms with Gasteiger partial charge in [-0.3, -0.25) is 0 Å². The summed E-state index contributed by atoms with van der Waals surface area (Å²) in [6, 6.07) is 5.26. The van der Waals surface area contributed by atoms with E-state index in [1.54, 1.807) is 14.2 Å². The van der Waals surface area contributed by atoms with Gasteiger partial charge in [0.1, 0.15) is 17.5 Å². The Morgan fingerprint density at radius 3 is 2.68 bits per heavy atom. The van der Waals surface area contributed by atoms with Gasteiger partial charge in [0.2, 0.25) is 0 Å². The maximum absolute atomic E-state index is 12.2. The van der Waals surface area contributed by atoms with E-state index in [0.717, 1.165) is 29.5 Å².